The largest absolute Gasteiger partial charge is 0.480 e. The number of rotatable bonds is 30. The van der Waals surface area contributed by atoms with Gasteiger partial charge in [-0.2, -0.15) is 0 Å². The first-order valence-corrected chi connectivity index (χ1v) is 17.6. The Labute approximate surface area is 253 Å². The molecule has 3 unspecified atom stereocenters. The van der Waals surface area contributed by atoms with Crippen molar-refractivity contribution >= 4 is 25.7 Å². The lowest BCUT2D eigenvalue weighted by Gasteiger charge is -2.18. The number of aliphatic hydroxyl groups is 1. The van der Waals surface area contributed by atoms with E-state index in [4.69, 9.17) is 9.26 Å². The van der Waals surface area contributed by atoms with Gasteiger partial charge in [-0.25, -0.2) is 9.36 Å². The molecule has 0 bridgehead atoms. The van der Waals surface area contributed by atoms with E-state index in [1.807, 2.05) is 6.92 Å². The predicted octanol–water partition coefficient (Wildman–Crippen LogP) is 6.44. The number of esters is 1. The van der Waals surface area contributed by atoms with Crippen molar-refractivity contribution in [2.45, 2.75) is 154 Å². The molecule has 0 spiro atoms. The Morgan fingerprint density at radius 2 is 1.10 bits per heavy atom. The molecule has 0 heterocycles. The molecule has 1 amide bonds. The van der Waals surface area contributed by atoms with Crippen molar-refractivity contribution in [1.29, 1.82) is 0 Å². The first-order chi connectivity index (χ1) is 20.1. The monoisotopic (exact) mass is 623 g/mol. The second-order valence-electron chi connectivity index (χ2n) is 11.0. The summed E-state index contributed by atoms with van der Waals surface area (Å²) in [5.74, 6) is -2.39. The average Bonchev–Trinajstić information content (AvgIpc) is 2.95. The van der Waals surface area contributed by atoms with E-state index >= 15 is 0 Å². The Morgan fingerprint density at radius 3 is 1.60 bits per heavy atom. The summed E-state index contributed by atoms with van der Waals surface area (Å²) in [6, 6.07) is -1.54. The van der Waals surface area contributed by atoms with Gasteiger partial charge in [0.2, 0.25) is 5.91 Å². The maximum absolute atomic E-state index is 12.2. The van der Waals surface area contributed by atoms with Crippen LogP contribution in [0.3, 0.4) is 0 Å². The molecule has 0 saturated heterocycles. The molecule has 0 aromatic rings. The van der Waals surface area contributed by atoms with Crippen LogP contribution in [0.4, 0.5) is 0 Å². The maximum Gasteiger partial charge on any atom is 0.472 e. The van der Waals surface area contributed by atoms with Crippen LogP contribution in [0.1, 0.15) is 142 Å². The van der Waals surface area contributed by atoms with Crippen LogP contribution in [0, 0.1) is 0 Å². The fraction of sp³-hybridized carbons (Fsp3) is 0.900. The quantitative estimate of drug-likeness (QED) is 0.0397. The van der Waals surface area contributed by atoms with Crippen LogP contribution in [0.25, 0.3) is 0 Å². The van der Waals surface area contributed by atoms with Crippen LogP contribution in [-0.2, 0) is 32.7 Å². The molecule has 0 aromatic carbocycles. The lowest BCUT2D eigenvalue weighted by Crippen LogP contribution is -2.43. The molecular weight excluding hydrogens is 565 g/mol. The SMILES string of the molecule is CCCCCCCCCCCCCCCCCC(=O)NC(COP(=O)(O)OCC(O)COC(=O)CCCCC)C(=O)O. The third kappa shape index (κ3) is 26.1. The highest BCUT2D eigenvalue weighted by Gasteiger charge is 2.28. The minimum atomic E-state index is -4.72. The summed E-state index contributed by atoms with van der Waals surface area (Å²) in [5.41, 5.74) is 0. The first-order valence-electron chi connectivity index (χ1n) is 16.1. The lowest BCUT2D eigenvalue weighted by atomic mass is 10.0. The number of aliphatic carboxylic acids is 1. The Kier molecular flexibility index (Phi) is 26.1. The molecule has 4 N–H and O–H groups in total. The Hall–Kier alpha value is -1.52. The minimum absolute atomic E-state index is 0.151. The van der Waals surface area contributed by atoms with E-state index in [1.165, 1.54) is 70.6 Å². The fourth-order valence-corrected chi connectivity index (χ4v) is 5.09. The minimum Gasteiger partial charge on any atom is -0.480 e. The van der Waals surface area contributed by atoms with Gasteiger partial charge in [-0.3, -0.25) is 18.6 Å². The van der Waals surface area contributed by atoms with Gasteiger partial charge in [-0.15, -0.1) is 0 Å². The molecule has 11 nitrogen and oxygen atoms in total. The van der Waals surface area contributed by atoms with E-state index < -0.39 is 57.6 Å². The molecule has 0 radical (unpaired) electrons. The van der Waals surface area contributed by atoms with Gasteiger partial charge < -0.3 is 25.2 Å². The summed E-state index contributed by atoms with van der Waals surface area (Å²) in [6.07, 6.45) is 19.5. The van der Waals surface area contributed by atoms with E-state index in [2.05, 4.69) is 16.8 Å². The summed E-state index contributed by atoms with van der Waals surface area (Å²) in [7, 11) is -4.72. The fourth-order valence-electron chi connectivity index (χ4n) is 4.31. The van der Waals surface area contributed by atoms with Gasteiger partial charge >= 0.3 is 19.8 Å². The zero-order valence-corrected chi connectivity index (χ0v) is 27.0. The Balaban J connectivity index is 3.96. The van der Waals surface area contributed by atoms with Gasteiger partial charge in [-0.05, 0) is 12.8 Å². The molecule has 0 aliphatic rings. The van der Waals surface area contributed by atoms with Gasteiger partial charge in [0, 0.05) is 12.8 Å². The second kappa shape index (κ2) is 27.1. The van der Waals surface area contributed by atoms with Crippen molar-refractivity contribution in [3.63, 3.8) is 0 Å². The third-order valence-electron chi connectivity index (χ3n) is 6.90. The number of hydrogen-bond donors (Lipinski definition) is 4. The molecular formula is C30H58NO10P. The molecule has 12 heteroatoms. The van der Waals surface area contributed by atoms with E-state index in [-0.39, 0.29) is 12.8 Å². The number of nitrogens with one attached hydrogen (secondary N) is 1. The van der Waals surface area contributed by atoms with Gasteiger partial charge in [-0.1, -0.05) is 117 Å². The second-order valence-corrected chi connectivity index (χ2v) is 12.5. The number of amides is 1. The van der Waals surface area contributed by atoms with Gasteiger partial charge in [0.15, 0.2) is 6.04 Å². The van der Waals surface area contributed by atoms with E-state index in [0.717, 1.165) is 32.1 Å². The number of carboxylic acids is 1. The molecule has 0 saturated carbocycles. The van der Waals surface area contributed by atoms with Crippen molar-refractivity contribution in [2.24, 2.45) is 0 Å². The predicted molar refractivity (Wildman–Crippen MR) is 162 cm³/mol. The van der Waals surface area contributed by atoms with Crippen molar-refractivity contribution in [3.05, 3.63) is 0 Å². The van der Waals surface area contributed by atoms with Crippen molar-refractivity contribution in [2.75, 3.05) is 19.8 Å². The number of phosphoric ester groups is 1. The summed E-state index contributed by atoms with van der Waals surface area (Å²) < 4.78 is 26.3. The number of phosphoric acid groups is 1. The van der Waals surface area contributed by atoms with Gasteiger partial charge in [0.1, 0.15) is 12.7 Å². The van der Waals surface area contributed by atoms with E-state index in [0.29, 0.717) is 12.8 Å². The molecule has 0 aromatic heterocycles. The zero-order valence-electron chi connectivity index (χ0n) is 26.1. The first kappa shape index (κ1) is 40.5. The Bertz CT molecular complexity index is 752. The molecule has 42 heavy (non-hydrogen) atoms. The van der Waals surface area contributed by atoms with Gasteiger partial charge in [0.25, 0.3) is 0 Å². The summed E-state index contributed by atoms with van der Waals surface area (Å²) in [6.45, 7) is 2.35. The van der Waals surface area contributed by atoms with E-state index in [1.54, 1.807) is 0 Å². The highest BCUT2D eigenvalue weighted by atomic mass is 31.2. The molecule has 0 aliphatic heterocycles. The number of ether oxygens (including phenoxy) is 1. The number of carbonyl (C=O) groups excluding carboxylic acids is 2. The molecule has 0 rings (SSSR count). The van der Waals surface area contributed by atoms with Crippen LogP contribution in [0.2, 0.25) is 0 Å². The number of unbranched alkanes of at least 4 members (excludes halogenated alkanes) is 16. The molecule has 3 atom stereocenters. The third-order valence-corrected chi connectivity index (χ3v) is 7.85. The van der Waals surface area contributed by atoms with Crippen LogP contribution in [-0.4, -0.2) is 64.9 Å². The van der Waals surface area contributed by atoms with Gasteiger partial charge in [0.05, 0.1) is 13.2 Å². The smallest absolute Gasteiger partial charge is 0.472 e. The number of hydrogen-bond acceptors (Lipinski definition) is 8. The van der Waals surface area contributed by atoms with Crippen LogP contribution < -0.4 is 5.32 Å². The van der Waals surface area contributed by atoms with Crippen molar-refractivity contribution in [1.82, 2.24) is 5.32 Å². The maximum atomic E-state index is 12.2. The molecule has 0 fully saturated rings. The number of carbonyl (C=O) groups is 3. The lowest BCUT2D eigenvalue weighted by molar-refractivity contribution is -0.147. The van der Waals surface area contributed by atoms with Crippen molar-refractivity contribution in [3.8, 4) is 0 Å². The Morgan fingerprint density at radius 1 is 0.667 bits per heavy atom. The van der Waals surface area contributed by atoms with Crippen LogP contribution in [0.5, 0.6) is 0 Å². The van der Waals surface area contributed by atoms with Crippen LogP contribution in [0.15, 0.2) is 0 Å². The average molecular weight is 624 g/mol. The number of carboxylic acid groups (broad SMARTS) is 1. The highest BCUT2D eigenvalue weighted by Crippen LogP contribution is 2.43. The summed E-state index contributed by atoms with van der Waals surface area (Å²) >= 11 is 0. The van der Waals surface area contributed by atoms with Crippen molar-refractivity contribution < 1.29 is 47.8 Å². The topological polar surface area (TPSA) is 169 Å². The zero-order chi connectivity index (χ0) is 31.5. The normalized spacial score (nSPS) is 14.2. The highest BCUT2D eigenvalue weighted by molar-refractivity contribution is 7.47. The summed E-state index contributed by atoms with van der Waals surface area (Å²) in [5, 5.41) is 21.5. The standard InChI is InChI=1S/C30H58NO10P/c1-3-5-7-8-9-10-11-12-13-14-15-16-17-18-20-21-28(33)31-27(30(35)36)25-41-42(37,38)40-24-26(32)23-39-29(34)22-19-6-4-2/h26-27,32H,3-25H2,1-2H3,(H,31,33)(H,35,36)(H,37,38). The summed E-state index contributed by atoms with van der Waals surface area (Å²) in [4.78, 5) is 45.0. The number of aliphatic hydroxyl groups excluding tert-OH is 1. The van der Waals surface area contributed by atoms with Crippen LogP contribution >= 0.6 is 7.82 Å². The molecule has 248 valence electrons. The van der Waals surface area contributed by atoms with E-state index in [9.17, 15) is 34.1 Å². The molecule has 0 aliphatic carbocycles.